The van der Waals surface area contributed by atoms with Crippen molar-refractivity contribution < 1.29 is 29.0 Å². The zero-order chi connectivity index (χ0) is 16.3. The second-order valence-corrected chi connectivity index (χ2v) is 5.26. The van der Waals surface area contributed by atoms with Gasteiger partial charge in [-0.2, -0.15) is 0 Å². The number of hydrogen-bond acceptors (Lipinski definition) is 6. The van der Waals surface area contributed by atoms with E-state index in [9.17, 15) is 14.4 Å². The average Bonchev–Trinajstić information content (AvgIpc) is 2.75. The average molecular weight is 323 g/mol. The molecule has 1 fully saturated rings. The number of nitrogens with zero attached hydrogens (tertiary/aromatic N) is 1. The lowest BCUT2D eigenvalue weighted by molar-refractivity contribution is -0.140. The Morgan fingerprint density at radius 3 is 2.64 bits per heavy atom. The van der Waals surface area contributed by atoms with Crippen LogP contribution in [0.15, 0.2) is 23.1 Å². The zero-order valence-electron chi connectivity index (χ0n) is 11.9. The number of ether oxygens (including phenoxy) is 2. The molecule has 1 saturated heterocycles. The van der Waals surface area contributed by atoms with Gasteiger partial charge in [-0.3, -0.25) is 19.3 Å². The number of rotatable bonds is 5. The van der Waals surface area contributed by atoms with Crippen molar-refractivity contribution >= 4 is 35.0 Å². The summed E-state index contributed by atoms with van der Waals surface area (Å²) in [6.07, 6.45) is 1.49. The van der Waals surface area contributed by atoms with Crippen molar-refractivity contribution in [1.82, 2.24) is 4.90 Å². The molecule has 7 nitrogen and oxygen atoms in total. The molecule has 0 aromatic heterocycles. The minimum atomic E-state index is -1.24. The summed E-state index contributed by atoms with van der Waals surface area (Å²) in [5.74, 6) is -0.807. The van der Waals surface area contributed by atoms with E-state index in [1.165, 1.54) is 20.3 Å². The van der Waals surface area contributed by atoms with E-state index >= 15 is 0 Å². The van der Waals surface area contributed by atoms with Crippen molar-refractivity contribution in [3.63, 3.8) is 0 Å². The molecule has 22 heavy (non-hydrogen) atoms. The fourth-order valence-corrected chi connectivity index (χ4v) is 2.68. The first kappa shape index (κ1) is 15.9. The van der Waals surface area contributed by atoms with Crippen molar-refractivity contribution in [3.8, 4) is 11.5 Å². The molecule has 1 aromatic rings. The van der Waals surface area contributed by atoms with Crippen LogP contribution in [0.4, 0.5) is 4.79 Å². The molecule has 8 heteroatoms. The van der Waals surface area contributed by atoms with Gasteiger partial charge in [0.15, 0.2) is 0 Å². The fourth-order valence-electron chi connectivity index (χ4n) is 1.85. The SMILES string of the molecule is COc1ccc(/C=C2/SC(=O)N(CC(=O)O)C2=O)c(OC)c1. The summed E-state index contributed by atoms with van der Waals surface area (Å²) in [6, 6.07) is 5.02. The van der Waals surface area contributed by atoms with Crippen LogP contribution in [-0.4, -0.2) is 47.9 Å². The van der Waals surface area contributed by atoms with Gasteiger partial charge in [0, 0.05) is 11.6 Å². The molecule has 0 atom stereocenters. The summed E-state index contributed by atoms with van der Waals surface area (Å²) < 4.78 is 10.3. The van der Waals surface area contributed by atoms with Crippen LogP contribution in [0.5, 0.6) is 11.5 Å². The Hall–Kier alpha value is -2.48. The van der Waals surface area contributed by atoms with Crippen molar-refractivity contribution in [2.45, 2.75) is 0 Å². The largest absolute Gasteiger partial charge is 0.497 e. The highest BCUT2D eigenvalue weighted by Crippen LogP contribution is 2.34. The quantitative estimate of drug-likeness (QED) is 0.826. The van der Waals surface area contributed by atoms with E-state index in [2.05, 4.69) is 0 Å². The van der Waals surface area contributed by atoms with Gasteiger partial charge in [-0.05, 0) is 30.0 Å². The number of carboxylic acids is 1. The topological polar surface area (TPSA) is 93.1 Å². The highest BCUT2D eigenvalue weighted by atomic mass is 32.2. The van der Waals surface area contributed by atoms with Crippen molar-refractivity contribution in [1.29, 1.82) is 0 Å². The highest BCUT2D eigenvalue weighted by molar-refractivity contribution is 8.18. The van der Waals surface area contributed by atoms with E-state index < -0.39 is 23.7 Å². The van der Waals surface area contributed by atoms with Crippen LogP contribution >= 0.6 is 11.8 Å². The van der Waals surface area contributed by atoms with Gasteiger partial charge in [0.2, 0.25) is 0 Å². The maximum atomic E-state index is 12.1. The van der Waals surface area contributed by atoms with Gasteiger partial charge >= 0.3 is 5.97 Å². The van der Waals surface area contributed by atoms with Crippen molar-refractivity contribution in [2.24, 2.45) is 0 Å². The number of imide groups is 1. The van der Waals surface area contributed by atoms with Gasteiger partial charge in [-0.25, -0.2) is 0 Å². The summed E-state index contributed by atoms with van der Waals surface area (Å²) in [6.45, 7) is -0.651. The lowest BCUT2D eigenvalue weighted by Crippen LogP contribution is -2.33. The molecule has 0 aliphatic carbocycles. The number of thioether (sulfide) groups is 1. The molecule has 116 valence electrons. The van der Waals surface area contributed by atoms with Crippen molar-refractivity contribution in [2.75, 3.05) is 20.8 Å². The number of amides is 2. The van der Waals surface area contributed by atoms with Crippen LogP contribution < -0.4 is 9.47 Å². The molecule has 2 rings (SSSR count). The Bertz CT molecular complexity index is 669. The summed E-state index contributed by atoms with van der Waals surface area (Å²) in [5.41, 5.74) is 0.587. The van der Waals surface area contributed by atoms with E-state index in [1.54, 1.807) is 18.2 Å². The van der Waals surface area contributed by atoms with Crippen LogP contribution in [-0.2, 0) is 9.59 Å². The standard InChI is InChI=1S/C14H13NO6S/c1-20-9-4-3-8(10(6-9)21-2)5-11-13(18)15(7-12(16)17)14(19)22-11/h3-6H,7H2,1-2H3,(H,16,17)/b11-5+. The molecule has 0 saturated carbocycles. The molecule has 1 N–H and O–H groups in total. The normalized spacial score (nSPS) is 16.3. The number of aliphatic carboxylic acids is 1. The Morgan fingerprint density at radius 1 is 1.32 bits per heavy atom. The van der Waals surface area contributed by atoms with Crippen LogP contribution in [0.25, 0.3) is 6.08 Å². The first-order chi connectivity index (χ1) is 10.5. The highest BCUT2D eigenvalue weighted by Gasteiger charge is 2.36. The minimum absolute atomic E-state index is 0.148. The number of benzene rings is 1. The van der Waals surface area contributed by atoms with E-state index in [1.807, 2.05) is 0 Å². The summed E-state index contributed by atoms with van der Waals surface area (Å²) in [7, 11) is 2.99. The number of carboxylic acid groups (broad SMARTS) is 1. The number of carbonyl (C=O) groups excluding carboxylic acids is 2. The maximum absolute atomic E-state index is 12.1. The monoisotopic (exact) mass is 323 g/mol. The molecule has 0 spiro atoms. The van der Waals surface area contributed by atoms with E-state index in [4.69, 9.17) is 14.6 Å². The third-order valence-electron chi connectivity index (χ3n) is 2.89. The first-order valence-corrected chi connectivity index (χ1v) is 6.97. The zero-order valence-corrected chi connectivity index (χ0v) is 12.7. The minimum Gasteiger partial charge on any atom is -0.497 e. The predicted octanol–water partition coefficient (Wildman–Crippen LogP) is 1.82. The Kier molecular flexibility index (Phi) is 4.71. The molecular formula is C14H13NO6S. The molecule has 0 unspecified atom stereocenters. The molecule has 2 amide bonds. The second-order valence-electron chi connectivity index (χ2n) is 4.27. The molecule has 1 aliphatic heterocycles. The fraction of sp³-hybridized carbons (Fsp3) is 0.214. The van der Waals surface area contributed by atoms with Gasteiger partial charge in [-0.15, -0.1) is 0 Å². The number of carbonyl (C=O) groups is 3. The summed E-state index contributed by atoms with van der Waals surface area (Å²) in [5, 5.41) is 8.11. The number of hydrogen-bond donors (Lipinski definition) is 1. The van der Waals surface area contributed by atoms with Gasteiger partial charge < -0.3 is 14.6 Å². The smallest absolute Gasteiger partial charge is 0.323 e. The Morgan fingerprint density at radius 2 is 2.05 bits per heavy atom. The first-order valence-electron chi connectivity index (χ1n) is 6.15. The second kappa shape index (κ2) is 6.52. The predicted molar refractivity (Wildman–Crippen MR) is 79.9 cm³/mol. The van der Waals surface area contributed by atoms with Gasteiger partial charge in [0.05, 0.1) is 19.1 Å². The van der Waals surface area contributed by atoms with Crippen LogP contribution in [0.3, 0.4) is 0 Å². The third kappa shape index (κ3) is 3.22. The van der Waals surface area contributed by atoms with Crippen LogP contribution in [0.2, 0.25) is 0 Å². The Labute approximate surface area is 130 Å². The van der Waals surface area contributed by atoms with Gasteiger partial charge in [0.1, 0.15) is 18.0 Å². The maximum Gasteiger partial charge on any atom is 0.323 e. The van der Waals surface area contributed by atoms with E-state index in [-0.39, 0.29) is 4.91 Å². The van der Waals surface area contributed by atoms with Crippen molar-refractivity contribution in [3.05, 3.63) is 28.7 Å². The molecule has 1 heterocycles. The van der Waals surface area contributed by atoms with E-state index in [0.717, 1.165) is 0 Å². The lowest BCUT2D eigenvalue weighted by Gasteiger charge is -2.09. The van der Waals surface area contributed by atoms with Crippen LogP contribution in [0.1, 0.15) is 5.56 Å². The molecule has 1 aromatic carbocycles. The molecule has 0 bridgehead atoms. The summed E-state index contributed by atoms with van der Waals surface area (Å²) in [4.78, 5) is 35.3. The Balaban J connectivity index is 2.32. The molecule has 1 aliphatic rings. The molecular weight excluding hydrogens is 310 g/mol. The third-order valence-corrected chi connectivity index (χ3v) is 3.80. The lowest BCUT2D eigenvalue weighted by atomic mass is 10.1. The van der Waals surface area contributed by atoms with Gasteiger partial charge in [0.25, 0.3) is 11.1 Å². The van der Waals surface area contributed by atoms with E-state index in [0.29, 0.717) is 33.7 Å². The van der Waals surface area contributed by atoms with Gasteiger partial charge in [-0.1, -0.05) is 0 Å². The number of methoxy groups -OCH3 is 2. The van der Waals surface area contributed by atoms with Crippen LogP contribution in [0, 0.1) is 0 Å². The summed E-state index contributed by atoms with van der Waals surface area (Å²) >= 11 is 0.696. The molecule has 0 radical (unpaired) electrons.